The molecule has 0 spiro atoms. The van der Waals surface area contributed by atoms with E-state index in [1.54, 1.807) is 11.8 Å². The summed E-state index contributed by atoms with van der Waals surface area (Å²) >= 11 is 1.69. The molecule has 3 nitrogen and oxygen atoms in total. The Morgan fingerprint density at radius 1 is 0.939 bits per heavy atom. The van der Waals surface area contributed by atoms with Crippen LogP contribution in [0, 0.1) is 0 Å². The molecule has 174 valence electrons. The lowest BCUT2D eigenvalue weighted by Gasteiger charge is -2.12. The Hall–Kier alpha value is -2.93. The molecule has 0 unspecified atom stereocenters. The maximum absolute atomic E-state index is 12.7. The summed E-state index contributed by atoms with van der Waals surface area (Å²) in [6, 6.07) is 18.9. The van der Waals surface area contributed by atoms with E-state index in [0.29, 0.717) is 5.75 Å². The minimum Gasteiger partial charge on any atom is -0.482 e. The van der Waals surface area contributed by atoms with Gasteiger partial charge in [-0.15, -0.1) is 11.8 Å². The van der Waals surface area contributed by atoms with Crippen molar-refractivity contribution in [1.82, 2.24) is 0 Å². The van der Waals surface area contributed by atoms with E-state index in [0.717, 1.165) is 57.9 Å². The zero-order chi connectivity index (χ0) is 23.8. The van der Waals surface area contributed by atoms with E-state index in [1.807, 2.05) is 36.4 Å². The van der Waals surface area contributed by atoms with Gasteiger partial charge in [0.2, 0.25) is 0 Å². The summed E-state index contributed by atoms with van der Waals surface area (Å²) in [4.78, 5) is 12.4. The maximum atomic E-state index is 12.7. The fourth-order valence-electron chi connectivity index (χ4n) is 3.26. The average molecular weight is 475 g/mol. The molecule has 0 aliphatic heterocycles. The van der Waals surface area contributed by atoms with Crippen LogP contribution in [0.3, 0.4) is 0 Å². The number of rotatable bonds is 9. The van der Waals surface area contributed by atoms with Crippen LogP contribution in [-0.4, -0.2) is 19.7 Å². The molecule has 3 aromatic carbocycles. The van der Waals surface area contributed by atoms with Gasteiger partial charge in [-0.2, -0.15) is 13.2 Å². The van der Waals surface area contributed by atoms with Gasteiger partial charge in [-0.05, 0) is 59.0 Å². The molecule has 0 aliphatic rings. The molecule has 3 rings (SSSR count). The van der Waals surface area contributed by atoms with Crippen LogP contribution in [0.1, 0.15) is 30.0 Å². The lowest BCUT2D eigenvalue weighted by atomic mass is 10.0. The standard InChI is InChI=1S/C26H25F3O3S/c1-3-4-21-15-23(13-14-24(21)32-16-25(30)31-2)33-17-18-5-7-19(8-6-18)20-9-11-22(12-10-20)26(27,28)29/h5-15H,3-4,16-17H2,1-2H3. The van der Waals surface area contributed by atoms with E-state index < -0.39 is 17.7 Å². The van der Waals surface area contributed by atoms with Gasteiger partial charge in [-0.1, -0.05) is 49.7 Å². The number of hydrogen-bond acceptors (Lipinski definition) is 4. The van der Waals surface area contributed by atoms with Crippen molar-refractivity contribution < 1.29 is 27.4 Å². The number of esters is 1. The number of halogens is 3. The van der Waals surface area contributed by atoms with Crippen LogP contribution in [0.4, 0.5) is 13.2 Å². The van der Waals surface area contributed by atoms with E-state index in [4.69, 9.17) is 4.74 Å². The van der Waals surface area contributed by atoms with Gasteiger partial charge in [0.1, 0.15) is 5.75 Å². The van der Waals surface area contributed by atoms with E-state index in [-0.39, 0.29) is 6.61 Å². The van der Waals surface area contributed by atoms with Crippen LogP contribution in [-0.2, 0) is 27.9 Å². The SMILES string of the molecule is CCCc1cc(SCc2ccc(-c3ccc(C(F)(F)F)cc3)cc2)ccc1OCC(=O)OC. The maximum Gasteiger partial charge on any atom is 0.416 e. The van der Waals surface area contributed by atoms with Crippen molar-refractivity contribution in [2.45, 2.75) is 36.6 Å². The number of carbonyl (C=O) groups excluding carboxylic acids is 1. The Morgan fingerprint density at radius 3 is 2.15 bits per heavy atom. The first-order chi connectivity index (χ1) is 15.8. The zero-order valence-corrected chi connectivity index (χ0v) is 19.3. The highest BCUT2D eigenvalue weighted by molar-refractivity contribution is 7.98. The molecule has 3 aromatic rings. The molecule has 0 aliphatic carbocycles. The zero-order valence-electron chi connectivity index (χ0n) is 18.4. The number of carbonyl (C=O) groups is 1. The Labute approximate surface area is 195 Å². The van der Waals surface area contributed by atoms with Crippen molar-refractivity contribution in [2.75, 3.05) is 13.7 Å². The van der Waals surface area contributed by atoms with Crippen molar-refractivity contribution in [1.29, 1.82) is 0 Å². The molecule has 0 saturated carbocycles. The number of hydrogen-bond donors (Lipinski definition) is 0. The van der Waals surface area contributed by atoms with Gasteiger partial charge in [-0.25, -0.2) is 4.79 Å². The van der Waals surface area contributed by atoms with Crippen molar-refractivity contribution in [3.63, 3.8) is 0 Å². The summed E-state index contributed by atoms with van der Waals surface area (Å²) in [6.07, 6.45) is -2.54. The predicted octanol–water partition coefficient (Wildman–Crippen LogP) is 7.17. The molecular weight excluding hydrogens is 449 g/mol. The molecule has 0 amide bonds. The summed E-state index contributed by atoms with van der Waals surface area (Å²) in [5.74, 6) is 1.02. The second-order valence-corrected chi connectivity index (χ2v) is 8.49. The normalized spacial score (nSPS) is 11.3. The van der Waals surface area contributed by atoms with Gasteiger partial charge in [-0.3, -0.25) is 0 Å². The first-order valence-corrected chi connectivity index (χ1v) is 11.5. The molecule has 0 bridgehead atoms. The highest BCUT2D eigenvalue weighted by atomic mass is 32.2. The van der Waals surface area contributed by atoms with Gasteiger partial charge in [0, 0.05) is 10.6 Å². The van der Waals surface area contributed by atoms with Crippen LogP contribution >= 0.6 is 11.8 Å². The van der Waals surface area contributed by atoms with Crippen LogP contribution < -0.4 is 4.74 Å². The molecule has 0 aromatic heterocycles. The quantitative estimate of drug-likeness (QED) is 0.243. The first kappa shape index (κ1) is 24.7. The fourth-order valence-corrected chi connectivity index (χ4v) is 4.17. The third kappa shape index (κ3) is 7.02. The molecule has 0 N–H and O–H groups in total. The fraction of sp³-hybridized carbons (Fsp3) is 0.269. The summed E-state index contributed by atoms with van der Waals surface area (Å²) in [7, 11) is 1.33. The van der Waals surface area contributed by atoms with Crippen LogP contribution in [0.2, 0.25) is 0 Å². The third-order valence-corrected chi connectivity index (χ3v) is 6.09. The van der Waals surface area contributed by atoms with Crippen molar-refractivity contribution in [3.8, 4) is 16.9 Å². The topological polar surface area (TPSA) is 35.5 Å². The van der Waals surface area contributed by atoms with Gasteiger partial charge >= 0.3 is 12.1 Å². The first-order valence-electron chi connectivity index (χ1n) is 10.5. The van der Waals surface area contributed by atoms with Gasteiger partial charge < -0.3 is 9.47 Å². The highest BCUT2D eigenvalue weighted by Gasteiger charge is 2.29. The summed E-state index contributed by atoms with van der Waals surface area (Å²) in [6.45, 7) is 1.97. The van der Waals surface area contributed by atoms with Crippen LogP contribution in [0.25, 0.3) is 11.1 Å². The van der Waals surface area contributed by atoms with E-state index in [9.17, 15) is 18.0 Å². The smallest absolute Gasteiger partial charge is 0.416 e. The lowest BCUT2D eigenvalue weighted by molar-refractivity contribution is -0.143. The second kappa shape index (κ2) is 11.3. The van der Waals surface area contributed by atoms with Gasteiger partial charge in [0.15, 0.2) is 6.61 Å². The largest absolute Gasteiger partial charge is 0.482 e. The van der Waals surface area contributed by atoms with E-state index in [2.05, 4.69) is 17.7 Å². The number of alkyl halides is 3. The highest BCUT2D eigenvalue weighted by Crippen LogP contribution is 2.32. The van der Waals surface area contributed by atoms with Gasteiger partial charge in [0.25, 0.3) is 0 Å². The monoisotopic (exact) mass is 474 g/mol. The van der Waals surface area contributed by atoms with Crippen molar-refractivity contribution in [2.24, 2.45) is 0 Å². The number of thioether (sulfide) groups is 1. The minimum atomic E-state index is -4.33. The summed E-state index contributed by atoms with van der Waals surface area (Å²) < 4.78 is 48.5. The molecule has 0 fully saturated rings. The predicted molar refractivity (Wildman–Crippen MR) is 124 cm³/mol. The van der Waals surface area contributed by atoms with Gasteiger partial charge in [0.05, 0.1) is 12.7 Å². The molecule has 0 radical (unpaired) electrons. The summed E-state index contributed by atoms with van der Waals surface area (Å²) in [5, 5.41) is 0. The molecule has 0 atom stereocenters. The number of benzene rings is 3. The Balaban J connectivity index is 1.63. The molecule has 7 heteroatoms. The summed E-state index contributed by atoms with van der Waals surface area (Å²) in [5.41, 5.74) is 3.12. The minimum absolute atomic E-state index is 0.120. The third-order valence-electron chi connectivity index (χ3n) is 5.03. The van der Waals surface area contributed by atoms with E-state index in [1.165, 1.54) is 19.2 Å². The van der Waals surface area contributed by atoms with Crippen LogP contribution in [0.5, 0.6) is 5.75 Å². The Kier molecular flexibility index (Phi) is 8.44. The van der Waals surface area contributed by atoms with Crippen LogP contribution in [0.15, 0.2) is 71.6 Å². The number of ether oxygens (including phenoxy) is 2. The average Bonchev–Trinajstić information content (AvgIpc) is 2.82. The molecule has 0 saturated heterocycles. The Bertz CT molecular complexity index is 1060. The number of methoxy groups -OCH3 is 1. The molecular formula is C26H25F3O3S. The molecule has 33 heavy (non-hydrogen) atoms. The lowest BCUT2D eigenvalue weighted by Crippen LogP contribution is -2.13. The van der Waals surface area contributed by atoms with E-state index >= 15 is 0 Å². The van der Waals surface area contributed by atoms with Crippen molar-refractivity contribution >= 4 is 17.7 Å². The second-order valence-electron chi connectivity index (χ2n) is 7.45. The van der Waals surface area contributed by atoms with Crippen molar-refractivity contribution in [3.05, 3.63) is 83.4 Å². The molecule has 0 heterocycles. The number of aryl methyl sites for hydroxylation is 1. The Morgan fingerprint density at radius 2 is 1.58 bits per heavy atom.